The van der Waals surface area contributed by atoms with Gasteiger partial charge in [0.05, 0.1) is 18.2 Å². The predicted molar refractivity (Wildman–Crippen MR) is 74.5 cm³/mol. The lowest BCUT2D eigenvalue weighted by atomic mass is 10.1. The lowest BCUT2D eigenvalue weighted by Gasteiger charge is -2.09. The van der Waals surface area contributed by atoms with E-state index in [4.69, 9.17) is 4.74 Å². The minimum absolute atomic E-state index is 0.297. The Kier molecular flexibility index (Phi) is 4.67. The van der Waals surface area contributed by atoms with Crippen molar-refractivity contribution in [1.29, 1.82) is 0 Å². The smallest absolute Gasteiger partial charge is 0.0746 e. The van der Waals surface area contributed by atoms with Crippen molar-refractivity contribution in [1.82, 2.24) is 10.3 Å². The average Bonchev–Trinajstić information content (AvgIpc) is 2.38. The van der Waals surface area contributed by atoms with Gasteiger partial charge in [-0.05, 0) is 25.5 Å². The van der Waals surface area contributed by atoms with Gasteiger partial charge < -0.3 is 10.1 Å². The molecule has 1 aromatic carbocycles. The molecular formula is C15H20N2O. The van der Waals surface area contributed by atoms with Crippen LogP contribution < -0.4 is 5.32 Å². The van der Waals surface area contributed by atoms with Crippen LogP contribution in [0.2, 0.25) is 0 Å². The first-order valence-electron chi connectivity index (χ1n) is 6.42. The lowest BCUT2D eigenvalue weighted by molar-refractivity contribution is 0.0807. The molecule has 0 atom stereocenters. The number of rotatable bonds is 6. The summed E-state index contributed by atoms with van der Waals surface area (Å²) in [5, 5.41) is 4.57. The van der Waals surface area contributed by atoms with Gasteiger partial charge in [0, 0.05) is 24.7 Å². The molecule has 2 rings (SSSR count). The fourth-order valence-corrected chi connectivity index (χ4v) is 1.90. The highest BCUT2D eigenvalue weighted by Crippen LogP contribution is 2.15. The molecule has 96 valence electrons. The lowest BCUT2D eigenvalue weighted by Crippen LogP contribution is -2.21. The highest BCUT2D eigenvalue weighted by molar-refractivity contribution is 5.81. The van der Waals surface area contributed by atoms with E-state index in [0.29, 0.717) is 6.10 Å². The number of benzene rings is 1. The molecule has 18 heavy (non-hydrogen) atoms. The van der Waals surface area contributed by atoms with Gasteiger partial charge in [-0.1, -0.05) is 24.3 Å². The van der Waals surface area contributed by atoms with E-state index in [0.717, 1.165) is 25.2 Å². The second-order valence-corrected chi connectivity index (χ2v) is 4.59. The van der Waals surface area contributed by atoms with Gasteiger partial charge in [0.1, 0.15) is 0 Å². The molecule has 0 bridgehead atoms. The van der Waals surface area contributed by atoms with Gasteiger partial charge in [0.2, 0.25) is 0 Å². The number of fused-ring (bicyclic) bond motifs is 1. The highest BCUT2D eigenvalue weighted by Gasteiger charge is 2.01. The molecule has 0 radical (unpaired) electrons. The SMILES string of the molecule is CC(C)OCCNCc1cccc2cccnc12. The van der Waals surface area contributed by atoms with E-state index in [1.165, 1.54) is 10.9 Å². The monoisotopic (exact) mass is 244 g/mol. The molecule has 0 aliphatic carbocycles. The number of pyridine rings is 1. The van der Waals surface area contributed by atoms with Crippen molar-refractivity contribution in [2.24, 2.45) is 0 Å². The van der Waals surface area contributed by atoms with Crippen molar-refractivity contribution in [3.05, 3.63) is 42.1 Å². The number of nitrogens with zero attached hydrogens (tertiary/aromatic N) is 1. The summed E-state index contributed by atoms with van der Waals surface area (Å²) in [6.07, 6.45) is 2.14. The number of para-hydroxylation sites is 1. The summed E-state index contributed by atoms with van der Waals surface area (Å²) in [6, 6.07) is 10.3. The van der Waals surface area contributed by atoms with E-state index in [-0.39, 0.29) is 0 Å². The zero-order valence-electron chi connectivity index (χ0n) is 11.0. The first-order chi connectivity index (χ1) is 8.77. The maximum absolute atomic E-state index is 5.49. The van der Waals surface area contributed by atoms with Gasteiger partial charge in [-0.3, -0.25) is 4.98 Å². The van der Waals surface area contributed by atoms with E-state index in [2.05, 4.69) is 48.4 Å². The minimum Gasteiger partial charge on any atom is -0.377 e. The molecule has 1 heterocycles. The Morgan fingerprint density at radius 1 is 1.22 bits per heavy atom. The Morgan fingerprint density at radius 2 is 2.06 bits per heavy atom. The Hall–Kier alpha value is -1.45. The number of hydrogen-bond donors (Lipinski definition) is 1. The van der Waals surface area contributed by atoms with Crippen LogP contribution in [0.25, 0.3) is 10.9 Å². The molecule has 0 aliphatic heterocycles. The second kappa shape index (κ2) is 6.47. The molecule has 1 N–H and O–H groups in total. The molecule has 0 spiro atoms. The third-order valence-corrected chi connectivity index (χ3v) is 2.76. The van der Waals surface area contributed by atoms with E-state index in [1.54, 1.807) is 0 Å². The van der Waals surface area contributed by atoms with E-state index >= 15 is 0 Å². The maximum atomic E-state index is 5.49. The summed E-state index contributed by atoms with van der Waals surface area (Å²) in [5.41, 5.74) is 2.31. The van der Waals surface area contributed by atoms with Crippen molar-refractivity contribution in [2.45, 2.75) is 26.5 Å². The van der Waals surface area contributed by atoms with Crippen molar-refractivity contribution in [2.75, 3.05) is 13.2 Å². The summed E-state index contributed by atoms with van der Waals surface area (Å²) in [6.45, 7) is 6.54. The van der Waals surface area contributed by atoms with Crippen LogP contribution >= 0.6 is 0 Å². The van der Waals surface area contributed by atoms with Crippen LogP contribution in [0.5, 0.6) is 0 Å². The van der Waals surface area contributed by atoms with Crippen molar-refractivity contribution < 1.29 is 4.74 Å². The summed E-state index contributed by atoms with van der Waals surface area (Å²) in [5.74, 6) is 0. The van der Waals surface area contributed by atoms with E-state index in [9.17, 15) is 0 Å². The zero-order chi connectivity index (χ0) is 12.8. The van der Waals surface area contributed by atoms with Crippen LogP contribution in [0.3, 0.4) is 0 Å². The van der Waals surface area contributed by atoms with Gasteiger partial charge in [-0.25, -0.2) is 0 Å². The highest BCUT2D eigenvalue weighted by atomic mass is 16.5. The minimum atomic E-state index is 0.297. The first-order valence-corrected chi connectivity index (χ1v) is 6.42. The quantitative estimate of drug-likeness (QED) is 0.793. The molecule has 3 heteroatoms. The Bertz CT molecular complexity index is 491. The van der Waals surface area contributed by atoms with Crippen LogP contribution in [0.1, 0.15) is 19.4 Å². The van der Waals surface area contributed by atoms with Crippen LogP contribution in [-0.4, -0.2) is 24.2 Å². The topological polar surface area (TPSA) is 34.1 Å². The molecule has 2 aromatic rings. The summed E-state index contributed by atoms with van der Waals surface area (Å²) in [7, 11) is 0. The third kappa shape index (κ3) is 3.52. The number of nitrogens with one attached hydrogen (secondary N) is 1. The standard InChI is InChI=1S/C15H20N2O/c1-12(2)18-10-9-16-11-14-6-3-5-13-7-4-8-17-15(13)14/h3-8,12,16H,9-11H2,1-2H3. The Balaban J connectivity index is 1.91. The van der Waals surface area contributed by atoms with E-state index in [1.807, 2.05) is 12.3 Å². The number of aromatic nitrogens is 1. The van der Waals surface area contributed by atoms with Gasteiger partial charge in [-0.2, -0.15) is 0 Å². The van der Waals surface area contributed by atoms with E-state index < -0.39 is 0 Å². The fourth-order valence-electron chi connectivity index (χ4n) is 1.90. The molecule has 3 nitrogen and oxygen atoms in total. The number of ether oxygens (including phenoxy) is 1. The summed E-state index contributed by atoms with van der Waals surface area (Å²) < 4.78 is 5.49. The Labute approximate surface area is 108 Å². The van der Waals surface area contributed by atoms with Crippen molar-refractivity contribution in [3.63, 3.8) is 0 Å². The molecule has 0 unspecified atom stereocenters. The first kappa shape index (κ1) is 13.0. The predicted octanol–water partition coefficient (Wildman–Crippen LogP) is 2.75. The van der Waals surface area contributed by atoms with Gasteiger partial charge >= 0.3 is 0 Å². The van der Waals surface area contributed by atoms with Crippen LogP contribution in [0.15, 0.2) is 36.5 Å². The zero-order valence-corrected chi connectivity index (χ0v) is 11.0. The molecule has 0 saturated carbocycles. The molecule has 0 amide bonds. The van der Waals surface area contributed by atoms with Crippen molar-refractivity contribution in [3.8, 4) is 0 Å². The third-order valence-electron chi connectivity index (χ3n) is 2.76. The molecule has 1 aromatic heterocycles. The van der Waals surface area contributed by atoms with Crippen LogP contribution in [0, 0.1) is 0 Å². The average molecular weight is 244 g/mol. The fraction of sp³-hybridized carbons (Fsp3) is 0.400. The molecule has 0 saturated heterocycles. The van der Waals surface area contributed by atoms with Crippen LogP contribution in [-0.2, 0) is 11.3 Å². The summed E-state index contributed by atoms with van der Waals surface area (Å²) >= 11 is 0. The second-order valence-electron chi connectivity index (χ2n) is 4.59. The van der Waals surface area contributed by atoms with Gasteiger partial charge in [0.25, 0.3) is 0 Å². The molecule has 0 fully saturated rings. The molecule has 0 aliphatic rings. The van der Waals surface area contributed by atoms with Crippen LogP contribution in [0.4, 0.5) is 0 Å². The molecular weight excluding hydrogens is 224 g/mol. The van der Waals surface area contributed by atoms with Crippen molar-refractivity contribution >= 4 is 10.9 Å². The summed E-state index contributed by atoms with van der Waals surface area (Å²) in [4.78, 5) is 4.44. The Morgan fingerprint density at radius 3 is 2.89 bits per heavy atom. The largest absolute Gasteiger partial charge is 0.377 e. The number of hydrogen-bond acceptors (Lipinski definition) is 3. The van der Waals surface area contributed by atoms with Gasteiger partial charge in [0.15, 0.2) is 0 Å². The van der Waals surface area contributed by atoms with Gasteiger partial charge in [-0.15, -0.1) is 0 Å². The maximum Gasteiger partial charge on any atom is 0.0746 e. The normalized spacial score (nSPS) is 11.3.